The summed E-state index contributed by atoms with van der Waals surface area (Å²) in [4.78, 5) is 33.6. The highest BCUT2D eigenvalue weighted by Crippen LogP contribution is 2.50. The second-order valence-electron chi connectivity index (χ2n) is 19.0. The highest BCUT2D eigenvalue weighted by Gasteiger charge is 2.29. The normalized spacial score (nSPS) is 13.7. The number of thioether (sulfide) groups is 1. The SMILES string of the molecule is CC(C)C[C@@H](/C=C/S(C)(=O)=O)NC(=O)OC(C)(C)C.CC(C)C[C@@H](C=O)NC(=O)OC(C)(C)C.CC(C)C[C@H]([NH3+])/C=C/S(C)(=O)=O.CCOP(=O)(CS(C)(=O)=O)OCC.CCOP(=O)(CSC)OCC.[Cl-]. The Balaban J connectivity index is -0.000000188. The Morgan fingerprint density at radius 1 is 0.606 bits per heavy atom. The summed E-state index contributed by atoms with van der Waals surface area (Å²) in [6.07, 6.45) is 10.2. The molecule has 0 aliphatic rings. The molecule has 0 heterocycles. The Kier molecular flexibility index (Phi) is 46.3. The molecule has 0 unspecified atom stereocenters. The largest absolute Gasteiger partial charge is 1.00 e. The predicted octanol–water partition coefficient (Wildman–Crippen LogP) is 5.64. The van der Waals surface area contributed by atoms with Gasteiger partial charge in [-0.15, -0.1) is 0 Å². The van der Waals surface area contributed by atoms with Crippen molar-refractivity contribution in [2.45, 2.75) is 159 Å². The molecule has 5 N–H and O–H groups in total. The summed E-state index contributed by atoms with van der Waals surface area (Å²) in [5.74, 6) is 1.23. The van der Waals surface area contributed by atoms with Gasteiger partial charge < -0.3 is 61.1 Å². The van der Waals surface area contributed by atoms with Crippen molar-refractivity contribution in [1.29, 1.82) is 0 Å². The molecule has 3 atom stereocenters. The van der Waals surface area contributed by atoms with Gasteiger partial charge in [-0.3, -0.25) is 9.13 Å². The van der Waals surface area contributed by atoms with E-state index >= 15 is 0 Å². The Hall–Kier alpha value is -1.56. The van der Waals surface area contributed by atoms with Crippen LogP contribution in [0, 0.1) is 17.8 Å². The summed E-state index contributed by atoms with van der Waals surface area (Å²) in [6, 6.07) is -0.718. The van der Waals surface area contributed by atoms with E-state index in [0.717, 1.165) is 30.6 Å². The average Bonchev–Trinajstić information content (AvgIpc) is 3.10. The molecule has 2 amide bonds. The van der Waals surface area contributed by atoms with Gasteiger partial charge in [0, 0.05) is 36.0 Å². The minimum atomic E-state index is -3.43. The van der Waals surface area contributed by atoms with Crippen LogP contribution in [0.5, 0.6) is 0 Å². The third-order valence-electron chi connectivity index (χ3n) is 6.93. The summed E-state index contributed by atoms with van der Waals surface area (Å²) in [5, 5.41) is 7.53. The summed E-state index contributed by atoms with van der Waals surface area (Å²) >= 11 is 1.48. The summed E-state index contributed by atoms with van der Waals surface area (Å²) in [5.41, 5.74) is 2.61. The predicted molar refractivity (Wildman–Crippen MR) is 285 cm³/mol. The molecule has 0 aliphatic heterocycles. The molecule has 0 rings (SSSR count). The van der Waals surface area contributed by atoms with Crippen molar-refractivity contribution in [3.63, 3.8) is 0 Å². The zero-order chi connectivity index (χ0) is 56.4. The third-order valence-corrected chi connectivity index (χ3v) is 16.3. The van der Waals surface area contributed by atoms with Crippen LogP contribution >= 0.6 is 27.0 Å². The Bertz CT molecular complexity index is 1910. The lowest BCUT2D eigenvalue weighted by atomic mass is 10.0. The van der Waals surface area contributed by atoms with Crippen LogP contribution < -0.4 is 28.8 Å². The maximum Gasteiger partial charge on any atom is 0.408 e. The lowest BCUT2D eigenvalue weighted by molar-refractivity contribution is -0.405. The maximum atomic E-state index is 11.7. The molecule has 0 bridgehead atoms. The molecule has 20 nitrogen and oxygen atoms in total. The third kappa shape index (κ3) is 64.5. The minimum absolute atomic E-state index is 0. The first-order valence-electron chi connectivity index (χ1n) is 22.9. The fourth-order valence-electron chi connectivity index (χ4n) is 4.90. The number of carbonyl (C=O) groups is 3. The van der Waals surface area contributed by atoms with Crippen LogP contribution in [-0.2, 0) is 71.0 Å². The number of ether oxygens (including phenoxy) is 2. The molecule has 0 spiro atoms. The molecule has 0 saturated carbocycles. The van der Waals surface area contributed by atoms with Crippen LogP contribution in [0.3, 0.4) is 0 Å². The van der Waals surface area contributed by atoms with Crippen LogP contribution in [0.15, 0.2) is 23.0 Å². The molecule has 0 aliphatic carbocycles. The van der Waals surface area contributed by atoms with E-state index in [1.807, 2.05) is 47.8 Å². The molecule has 0 radical (unpaired) electrons. The van der Waals surface area contributed by atoms with Crippen molar-refractivity contribution < 1.29 is 94.5 Å². The number of carbonyl (C=O) groups excluding carboxylic acids is 3. The molecule has 428 valence electrons. The summed E-state index contributed by atoms with van der Waals surface area (Å²) < 4.78 is 118. The number of hydrogen-bond donors (Lipinski definition) is 3. The van der Waals surface area contributed by atoms with Crippen LogP contribution in [-0.4, -0.2) is 135 Å². The van der Waals surface area contributed by atoms with E-state index < -0.39 is 79.6 Å². The van der Waals surface area contributed by atoms with Gasteiger partial charge in [-0.25, -0.2) is 34.8 Å². The Labute approximate surface area is 440 Å². The van der Waals surface area contributed by atoms with Gasteiger partial charge in [0.2, 0.25) is 0 Å². The molecule has 0 fully saturated rings. The van der Waals surface area contributed by atoms with Gasteiger partial charge in [-0.05, 0) is 112 Å². The number of halogens is 1. The van der Waals surface area contributed by atoms with Crippen molar-refractivity contribution in [2.75, 3.05) is 62.4 Å². The maximum absolute atomic E-state index is 11.7. The molecule has 27 heteroatoms. The second kappa shape index (κ2) is 40.7. The van der Waals surface area contributed by atoms with Gasteiger partial charge in [0.1, 0.15) is 23.5 Å². The molecule has 0 saturated heterocycles. The molecule has 0 aromatic heterocycles. The van der Waals surface area contributed by atoms with Gasteiger partial charge in [0.25, 0.3) is 0 Å². The van der Waals surface area contributed by atoms with Gasteiger partial charge in [-0.2, -0.15) is 11.8 Å². The fraction of sp³-hybridized carbons (Fsp3) is 0.841. The van der Waals surface area contributed by atoms with Crippen molar-refractivity contribution in [3.8, 4) is 0 Å². The number of aldehydes is 1. The first-order chi connectivity index (χ1) is 31.5. The summed E-state index contributed by atoms with van der Waals surface area (Å²) in [7, 11) is -15.7. The highest BCUT2D eigenvalue weighted by molar-refractivity contribution is 8.04. The van der Waals surface area contributed by atoms with E-state index in [0.29, 0.717) is 49.3 Å². The number of amides is 2. The molecular weight excluding hydrogens is 1070 g/mol. The molecule has 0 aromatic carbocycles. The zero-order valence-electron chi connectivity index (χ0n) is 46.3. The smallest absolute Gasteiger partial charge is 0.408 e. The molecular formula is C44H94ClN3O17P2S4. The standard InChI is InChI=1S/C13H25NO4S.C11H21NO3.C8H17NO2S.C6H15O5PS.C6H15O3PS.ClH/c1-10(2)9-11(7-8-19(6,16)17)14-12(15)18-13(3,4)5;1-8(2)6-9(7-13)12-10(14)15-11(3,4)5;1-7(2)6-8(9)4-5-12(3,10)11;1-4-10-12(7,11-5-2)6-13(3,8)9;1-4-8-10(7,6-11-3)9-5-2;/h7-8,10-11H,9H2,1-6H3,(H,14,15);7-9H,6H2,1-5H3,(H,12,14);4-5,7-8H,6,9H2,1-3H3;4-6H2,1-3H3;4-6H2,1-3H3;1H/b8-7+;;5-4+;;;/t11-;9-;8-;;;/m101.../s1. The fourth-order valence-corrected chi connectivity index (χ4v) is 12.4. The molecule has 71 heavy (non-hydrogen) atoms. The van der Waals surface area contributed by atoms with E-state index in [1.165, 1.54) is 29.5 Å². The number of quaternary nitrogens is 1. The Morgan fingerprint density at radius 3 is 1.21 bits per heavy atom. The quantitative estimate of drug-likeness (QED) is 0.0736. The average molecular weight is 1160 g/mol. The van der Waals surface area contributed by atoms with Crippen molar-refractivity contribution in [1.82, 2.24) is 10.6 Å². The number of rotatable bonds is 25. The first kappa shape index (κ1) is 80.8. The first-order valence-corrected chi connectivity index (χ1v) is 33.7. The van der Waals surface area contributed by atoms with E-state index in [9.17, 15) is 48.8 Å². The van der Waals surface area contributed by atoms with E-state index in [1.54, 1.807) is 61.5 Å². The lowest BCUT2D eigenvalue weighted by Gasteiger charge is -2.23. The van der Waals surface area contributed by atoms with Gasteiger partial charge in [0.15, 0.2) is 35.0 Å². The van der Waals surface area contributed by atoms with Gasteiger partial charge in [-0.1, -0.05) is 47.6 Å². The van der Waals surface area contributed by atoms with Crippen LogP contribution in [0.2, 0.25) is 0 Å². The van der Waals surface area contributed by atoms with Crippen molar-refractivity contribution in [2.24, 2.45) is 17.8 Å². The monoisotopic (exact) mass is 1160 g/mol. The number of alkyl carbamates (subject to hydrolysis) is 2. The van der Waals surface area contributed by atoms with Gasteiger partial charge >= 0.3 is 27.4 Å². The highest BCUT2D eigenvalue weighted by atomic mass is 35.5. The van der Waals surface area contributed by atoms with Crippen LogP contribution in [0.4, 0.5) is 9.59 Å². The number of hydrogen-bond acceptors (Lipinski definition) is 18. The second-order valence-corrected chi connectivity index (χ2v) is 30.8. The lowest BCUT2D eigenvalue weighted by Crippen LogP contribution is -3.00. The minimum Gasteiger partial charge on any atom is -1.00 e. The topological polar surface area (TPSA) is 295 Å². The van der Waals surface area contributed by atoms with E-state index in [4.69, 9.17) is 27.6 Å². The van der Waals surface area contributed by atoms with Gasteiger partial charge in [0.05, 0.1) is 44.0 Å². The van der Waals surface area contributed by atoms with Crippen molar-refractivity contribution >= 4 is 74.9 Å². The summed E-state index contributed by atoms with van der Waals surface area (Å²) in [6.45, 7) is 31.0. The van der Waals surface area contributed by atoms with E-state index in [2.05, 4.69) is 30.2 Å². The zero-order valence-corrected chi connectivity index (χ0v) is 52.1. The van der Waals surface area contributed by atoms with E-state index in [-0.39, 0.29) is 37.7 Å². The Morgan fingerprint density at radius 2 is 0.930 bits per heavy atom. The van der Waals surface area contributed by atoms with Crippen LogP contribution in [0.1, 0.15) is 130 Å². The molecule has 0 aromatic rings. The van der Waals surface area contributed by atoms with Crippen LogP contribution in [0.25, 0.3) is 0 Å². The number of sulfone groups is 3. The number of nitrogens with one attached hydrogen (secondary N) is 2. The van der Waals surface area contributed by atoms with Crippen molar-refractivity contribution in [3.05, 3.63) is 23.0 Å².